The average molecular weight is 404 g/mol. The Morgan fingerprint density at radius 1 is 1.23 bits per heavy atom. The number of rotatable bonds is 3. The van der Waals surface area contributed by atoms with Crippen LogP contribution >= 0.6 is 0 Å². The van der Waals surface area contributed by atoms with Crippen LogP contribution in [0.4, 0.5) is 0 Å². The number of pyridine rings is 2. The van der Waals surface area contributed by atoms with E-state index in [0.717, 1.165) is 58.3 Å². The third-order valence-electron chi connectivity index (χ3n) is 5.84. The van der Waals surface area contributed by atoms with E-state index in [1.54, 1.807) is 13.3 Å². The SMILES string of the molecule is COc1nc(C)cc(C)c1-c1ccc2c(c1)[nH]c(=O)c1cnn([C@H]3CCCOC3)c12. The molecule has 0 unspecified atom stereocenters. The van der Waals surface area contributed by atoms with Crippen LogP contribution in [0.3, 0.4) is 0 Å². The van der Waals surface area contributed by atoms with Gasteiger partial charge in [-0.05, 0) is 49.9 Å². The Hall–Kier alpha value is -3.19. The maximum Gasteiger partial charge on any atom is 0.259 e. The Labute approximate surface area is 173 Å². The molecule has 5 rings (SSSR count). The van der Waals surface area contributed by atoms with E-state index in [0.29, 0.717) is 17.9 Å². The van der Waals surface area contributed by atoms with Gasteiger partial charge in [0.05, 0.1) is 42.4 Å². The number of nitrogens with one attached hydrogen (secondary N) is 1. The predicted molar refractivity (Wildman–Crippen MR) is 116 cm³/mol. The highest BCUT2D eigenvalue weighted by atomic mass is 16.5. The van der Waals surface area contributed by atoms with Gasteiger partial charge in [0, 0.05) is 23.3 Å². The van der Waals surface area contributed by atoms with Crippen molar-refractivity contribution >= 4 is 21.8 Å². The minimum atomic E-state index is -0.136. The summed E-state index contributed by atoms with van der Waals surface area (Å²) in [5.41, 5.74) is 5.36. The second-order valence-corrected chi connectivity index (χ2v) is 7.90. The molecule has 30 heavy (non-hydrogen) atoms. The maximum absolute atomic E-state index is 12.8. The fourth-order valence-corrected chi connectivity index (χ4v) is 4.49. The van der Waals surface area contributed by atoms with Gasteiger partial charge in [-0.3, -0.25) is 9.48 Å². The lowest BCUT2D eigenvalue weighted by molar-refractivity contribution is 0.0565. The highest BCUT2D eigenvalue weighted by Gasteiger charge is 2.21. The molecule has 7 nitrogen and oxygen atoms in total. The highest BCUT2D eigenvalue weighted by Crippen LogP contribution is 2.35. The van der Waals surface area contributed by atoms with Crippen molar-refractivity contribution in [2.45, 2.75) is 32.7 Å². The molecule has 1 fully saturated rings. The third kappa shape index (κ3) is 2.97. The molecule has 1 aromatic carbocycles. The Morgan fingerprint density at radius 2 is 2.10 bits per heavy atom. The van der Waals surface area contributed by atoms with E-state index in [1.165, 1.54) is 0 Å². The first-order valence-corrected chi connectivity index (χ1v) is 10.2. The molecular weight excluding hydrogens is 380 g/mol. The molecule has 3 aromatic heterocycles. The van der Waals surface area contributed by atoms with Gasteiger partial charge in [0.1, 0.15) is 0 Å². The molecule has 0 aliphatic carbocycles. The number of aromatic nitrogens is 4. The van der Waals surface area contributed by atoms with Gasteiger partial charge < -0.3 is 14.5 Å². The lowest BCUT2D eigenvalue weighted by atomic mass is 9.99. The number of H-pyrrole nitrogens is 1. The number of nitrogens with zero attached hydrogens (tertiary/aromatic N) is 3. The highest BCUT2D eigenvalue weighted by molar-refractivity contribution is 6.04. The van der Waals surface area contributed by atoms with Crippen LogP contribution in [0.5, 0.6) is 5.88 Å². The zero-order chi connectivity index (χ0) is 20.8. The molecule has 4 heterocycles. The van der Waals surface area contributed by atoms with E-state index >= 15 is 0 Å². The second kappa shape index (κ2) is 7.25. The van der Waals surface area contributed by atoms with Crippen molar-refractivity contribution in [1.82, 2.24) is 19.7 Å². The first-order chi connectivity index (χ1) is 14.6. The van der Waals surface area contributed by atoms with Crippen LogP contribution < -0.4 is 10.3 Å². The van der Waals surface area contributed by atoms with Crippen molar-refractivity contribution in [3.63, 3.8) is 0 Å². The number of fused-ring (bicyclic) bond motifs is 3. The van der Waals surface area contributed by atoms with Gasteiger partial charge in [0.2, 0.25) is 5.88 Å². The summed E-state index contributed by atoms with van der Waals surface area (Å²) in [4.78, 5) is 20.3. The van der Waals surface area contributed by atoms with E-state index in [-0.39, 0.29) is 11.6 Å². The minimum Gasteiger partial charge on any atom is -0.481 e. The van der Waals surface area contributed by atoms with Crippen LogP contribution in [0.2, 0.25) is 0 Å². The summed E-state index contributed by atoms with van der Waals surface area (Å²) in [6.45, 7) is 5.39. The summed E-state index contributed by atoms with van der Waals surface area (Å²) in [6, 6.07) is 8.27. The maximum atomic E-state index is 12.8. The number of hydrogen-bond donors (Lipinski definition) is 1. The van der Waals surface area contributed by atoms with Crippen LogP contribution in [0.25, 0.3) is 32.9 Å². The van der Waals surface area contributed by atoms with E-state index in [2.05, 4.69) is 21.1 Å². The predicted octanol–water partition coefficient (Wildman–Crippen LogP) is 3.92. The molecule has 1 aliphatic rings. The number of hydrogen-bond acceptors (Lipinski definition) is 5. The summed E-state index contributed by atoms with van der Waals surface area (Å²) >= 11 is 0. The van der Waals surface area contributed by atoms with Gasteiger partial charge in [0.15, 0.2) is 0 Å². The molecule has 0 bridgehead atoms. The molecule has 4 aromatic rings. The molecule has 1 saturated heterocycles. The fourth-order valence-electron chi connectivity index (χ4n) is 4.49. The van der Waals surface area contributed by atoms with Gasteiger partial charge in [0.25, 0.3) is 5.56 Å². The average Bonchev–Trinajstić information content (AvgIpc) is 3.19. The van der Waals surface area contributed by atoms with Crippen molar-refractivity contribution in [1.29, 1.82) is 0 Å². The largest absolute Gasteiger partial charge is 0.481 e. The van der Waals surface area contributed by atoms with Crippen LogP contribution in [-0.2, 0) is 4.74 Å². The molecular formula is C23H24N4O3. The zero-order valence-electron chi connectivity index (χ0n) is 17.4. The van der Waals surface area contributed by atoms with Gasteiger partial charge in [-0.15, -0.1) is 0 Å². The topological polar surface area (TPSA) is 82.0 Å². The lowest BCUT2D eigenvalue weighted by Crippen LogP contribution is -2.22. The molecule has 1 N–H and O–H groups in total. The summed E-state index contributed by atoms with van der Waals surface area (Å²) in [5, 5.41) is 6.12. The fraction of sp³-hybridized carbons (Fsp3) is 0.348. The summed E-state index contributed by atoms with van der Waals surface area (Å²) < 4.78 is 13.2. The Bertz CT molecular complexity index is 1320. The number of benzene rings is 1. The lowest BCUT2D eigenvalue weighted by Gasteiger charge is -2.23. The molecule has 1 atom stereocenters. The molecule has 154 valence electrons. The summed E-state index contributed by atoms with van der Waals surface area (Å²) in [5.74, 6) is 0.583. The molecule has 0 amide bonds. The van der Waals surface area contributed by atoms with E-state index in [4.69, 9.17) is 9.47 Å². The zero-order valence-corrected chi connectivity index (χ0v) is 17.4. The van der Waals surface area contributed by atoms with Gasteiger partial charge >= 0.3 is 0 Å². The molecule has 7 heteroatoms. The van der Waals surface area contributed by atoms with E-state index in [1.807, 2.05) is 36.7 Å². The van der Waals surface area contributed by atoms with Crippen LogP contribution in [-0.4, -0.2) is 40.1 Å². The van der Waals surface area contributed by atoms with E-state index < -0.39 is 0 Å². The van der Waals surface area contributed by atoms with Crippen molar-refractivity contribution in [3.05, 3.63) is 52.1 Å². The Balaban J connectivity index is 1.73. The molecule has 0 radical (unpaired) electrons. The normalized spacial score (nSPS) is 17.0. The Morgan fingerprint density at radius 3 is 2.87 bits per heavy atom. The Kier molecular flexibility index (Phi) is 4.55. The van der Waals surface area contributed by atoms with Crippen molar-refractivity contribution < 1.29 is 9.47 Å². The number of aryl methyl sites for hydroxylation is 2. The van der Waals surface area contributed by atoms with Gasteiger partial charge in [-0.25, -0.2) is 4.98 Å². The van der Waals surface area contributed by atoms with Crippen molar-refractivity contribution in [2.24, 2.45) is 0 Å². The monoisotopic (exact) mass is 404 g/mol. The first kappa shape index (κ1) is 18.8. The van der Waals surface area contributed by atoms with Gasteiger partial charge in [-0.2, -0.15) is 5.10 Å². The van der Waals surface area contributed by atoms with Crippen LogP contribution in [0, 0.1) is 13.8 Å². The quantitative estimate of drug-likeness (QED) is 0.560. The van der Waals surface area contributed by atoms with Gasteiger partial charge in [-0.1, -0.05) is 12.1 Å². The smallest absolute Gasteiger partial charge is 0.259 e. The number of ether oxygens (including phenoxy) is 2. The molecule has 0 saturated carbocycles. The number of aromatic amines is 1. The van der Waals surface area contributed by atoms with E-state index in [9.17, 15) is 4.79 Å². The standard InChI is InChI=1S/C23H24N4O3/c1-13-9-14(2)25-23(29-3)20(13)15-6-7-17-19(10-15)26-22(28)18-11-24-27(21(17)18)16-5-4-8-30-12-16/h6-7,9-11,16H,4-5,8,12H2,1-3H3,(H,26,28)/t16-/m0/s1. The molecule has 0 spiro atoms. The van der Waals surface area contributed by atoms with Crippen LogP contribution in [0.15, 0.2) is 35.3 Å². The minimum absolute atomic E-state index is 0.136. The second-order valence-electron chi connectivity index (χ2n) is 7.90. The molecule has 1 aliphatic heterocycles. The van der Waals surface area contributed by atoms with Crippen molar-refractivity contribution in [2.75, 3.05) is 20.3 Å². The van der Waals surface area contributed by atoms with Crippen molar-refractivity contribution in [3.8, 4) is 17.0 Å². The number of methoxy groups -OCH3 is 1. The summed E-state index contributed by atoms with van der Waals surface area (Å²) in [6.07, 6.45) is 3.65. The summed E-state index contributed by atoms with van der Waals surface area (Å²) in [7, 11) is 1.63. The first-order valence-electron chi connectivity index (χ1n) is 10.2. The third-order valence-corrected chi connectivity index (χ3v) is 5.84. The van der Waals surface area contributed by atoms with Crippen LogP contribution in [0.1, 0.15) is 30.1 Å².